The summed E-state index contributed by atoms with van der Waals surface area (Å²) in [6.45, 7) is 0.401. The molecule has 0 fully saturated rings. The Morgan fingerprint density at radius 2 is 1.86 bits per heavy atom. The molecule has 2 aromatic carbocycles. The maximum absolute atomic E-state index is 12.0. The minimum atomic E-state index is -0.197. The van der Waals surface area contributed by atoms with Gasteiger partial charge in [-0.3, -0.25) is 4.79 Å². The van der Waals surface area contributed by atoms with Crippen LogP contribution in [0.2, 0.25) is 5.02 Å². The average Bonchev–Trinajstić information content (AvgIpc) is 3.11. The number of methoxy groups -OCH3 is 2. The zero-order chi connectivity index (χ0) is 19.9. The number of nitrogens with one attached hydrogen (secondary N) is 1. The van der Waals surface area contributed by atoms with Crippen LogP contribution in [0.4, 0.5) is 0 Å². The SMILES string of the molecule is COc1ccc(CCC(=O)OCCCc2c[nH]c3ccc(Cl)cc23)cc1OC. The van der Waals surface area contributed by atoms with Crippen LogP contribution in [0.25, 0.3) is 10.9 Å². The number of carbonyl (C=O) groups is 1. The predicted molar refractivity (Wildman–Crippen MR) is 110 cm³/mol. The van der Waals surface area contributed by atoms with Gasteiger partial charge in [-0.15, -0.1) is 0 Å². The summed E-state index contributed by atoms with van der Waals surface area (Å²) in [4.78, 5) is 15.2. The van der Waals surface area contributed by atoms with Crippen molar-refractivity contribution in [3.05, 3.63) is 58.7 Å². The van der Waals surface area contributed by atoms with Gasteiger partial charge in [0.1, 0.15) is 0 Å². The number of rotatable bonds is 9. The number of aromatic nitrogens is 1. The van der Waals surface area contributed by atoms with Gasteiger partial charge in [-0.05, 0) is 60.7 Å². The van der Waals surface area contributed by atoms with E-state index >= 15 is 0 Å². The lowest BCUT2D eigenvalue weighted by atomic mass is 10.1. The van der Waals surface area contributed by atoms with E-state index in [4.69, 9.17) is 25.8 Å². The molecule has 0 radical (unpaired) electrons. The molecule has 1 N–H and O–H groups in total. The first kappa shape index (κ1) is 20.1. The van der Waals surface area contributed by atoms with Gasteiger partial charge in [-0.1, -0.05) is 17.7 Å². The van der Waals surface area contributed by atoms with Crippen molar-refractivity contribution in [2.45, 2.75) is 25.7 Å². The van der Waals surface area contributed by atoms with Gasteiger partial charge < -0.3 is 19.2 Å². The minimum absolute atomic E-state index is 0.197. The number of H-pyrrole nitrogens is 1. The van der Waals surface area contributed by atoms with Crippen molar-refractivity contribution in [3.63, 3.8) is 0 Å². The predicted octanol–water partition coefficient (Wildman–Crippen LogP) is 4.95. The van der Waals surface area contributed by atoms with Gasteiger partial charge in [0.25, 0.3) is 0 Å². The summed E-state index contributed by atoms with van der Waals surface area (Å²) in [5.74, 6) is 1.14. The molecule has 0 unspecified atom stereocenters. The van der Waals surface area contributed by atoms with E-state index in [9.17, 15) is 4.79 Å². The molecule has 1 aromatic heterocycles. The van der Waals surface area contributed by atoms with Crippen LogP contribution in [-0.2, 0) is 22.4 Å². The van der Waals surface area contributed by atoms with Gasteiger partial charge in [-0.2, -0.15) is 0 Å². The summed E-state index contributed by atoms with van der Waals surface area (Å²) in [6.07, 6.45) is 4.50. The van der Waals surface area contributed by atoms with Crippen molar-refractivity contribution in [1.82, 2.24) is 4.98 Å². The lowest BCUT2D eigenvalue weighted by Crippen LogP contribution is -2.07. The molecule has 0 bridgehead atoms. The van der Waals surface area contributed by atoms with Gasteiger partial charge in [-0.25, -0.2) is 0 Å². The number of hydrogen-bond acceptors (Lipinski definition) is 4. The molecule has 0 amide bonds. The second kappa shape index (κ2) is 9.51. The molecule has 148 valence electrons. The maximum atomic E-state index is 12.0. The number of esters is 1. The van der Waals surface area contributed by atoms with Crippen molar-refractivity contribution in [3.8, 4) is 11.5 Å². The van der Waals surface area contributed by atoms with E-state index in [2.05, 4.69) is 4.98 Å². The van der Waals surface area contributed by atoms with Crippen LogP contribution in [0.3, 0.4) is 0 Å². The van der Waals surface area contributed by atoms with E-state index in [0.717, 1.165) is 34.3 Å². The molecule has 1 heterocycles. The largest absolute Gasteiger partial charge is 0.493 e. The number of benzene rings is 2. The fourth-order valence-electron chi connectivity index (χ4n) is 3.16. The van der Waals surface area contributed by atoms with Crippen molar-refractivity contribution in [1.29, 1.82) is 0 Å². The fraction of sp³-hybridized carbons (Fsp3) is 0.318. The highest BCUT2D eigenvalue weighted by atomic mass is 35.5. The Bertz CT molecular complexity index is 951. The lowest BCUT2D eigenvalue weighted by Gasteiger charge is -2.09. The van der Waals surface area contributed by atoms with E-state index in [-0.39, 0.29) is 5.97 Å². The van der Waals surface area contributed by atoms with Gasteiger partial charge in [0.15, 0.2) is 11.5 Å². The lowest BCUT2D eigenvalue weighted by molar-refractivity contribution is -0.143. The molecular weight excluding hydrogens is 378 g/mol. The molecule has 0 aliphatic heterocycles. The molecule has 0 atom stereocenters. The molecule has 28 heavy (non-hydrogen) atoms. The van der Waals surface area contributed by atoms with Crippen LogP contribution < -0.4 is 9.47 Å². The first-order valence-corrected chi connectivity index (χ1v) is 9.60. The van der Waals surface area contributed by atoms with Crippen LogP contribution in [-0.4, -0.2) is 31.8 Å². The van der Waals surface area contributed by atoms with Crippen molar-refractivity contribution < 1.29 is 19.0 Å². The van der Waals surface area contributed by atoms with Crippen molar-refractivity contribution >= 4 is 28.5 Å². The third kappa shape index (κ3) is 4.98. The molecule has 0 aliphatic carbocycles. The number of hydrogen-bond donors (Lipinski definition) is 1. The van der Waals surface area contributed by atoms with Crippen LogP contribution in [0.5, 0.6) is 11.5 Å². The summed E-state index contributed by atoms with van der Waals surface area (Å²) < 4.78 is 15.9. The highest BCUT2D eigenvalue weighted by molar-refractivity contribution is 6.31. The monoisotopic (exact) mass is 401 g/mol. The first-order valence-electron chi connectivity index (χ1n) is 9.22. The normalized spacial score (nSPS) is 10.8. The van der Waals surface area contributed by atoms with E-state index in [1.807, 2.05) is 42.6 Å². The van der Waals surface area contributed by atoms with Crippen molar-refractivity contribution in [2.75, 3.05) is 20.8 Å². The Labute approximate surface area is 169 Å². The standard InChI is InChI=1S/C22H24ClNO4/c1-26-20-9-5-15(12-21(20)27-2)6-10-22(25)28-11-3-4-16-14-24-19-8-7-17(23)13-18(16)19/h5,7-9,12-14,24H,3-4,6,10-11H2,1-2H3. The molecule has 0 saturated heterocycles. The zero-order valence-corrected chi connectivity index (χ0v) is 16.8. The Morgan fingerprint density at radius 3 is 2.64 bits per heavy atom. The topological polar surface area (TPSA) is 60.5 Å². The third-order valence-electron chi connectivity index (χ3n) is 4.65. The van der Waals surface area contributed by atoms with Gasteiger partial charge >= 0.3 is 5.97 Å². The van der Waals surface area contributed by atoms with Gasteiger partial charge in [0, 0.05) is 28.5 Å². The summed E-state index contributed by atoms with van der Waals surface area (Å²) in [6, 6.07) is 11.4. The number of ether oxygens (including phenoxy) is 3. The molecule has 3 rings (SSSR count). The van der Waals surface area contributed by atoms with Gasteiger partial charge in [0.2, 0.25) is 0 Å². The number of aryl methyl sites for hydroxylation is 2. The first-order chi connectivity index (χ1) is 13.6. The molecule has 0 aliphatic rings. The Hall–Kier alpha value is -2.66. The second-order valence-electron chi connectivity index (χ2n) is 6.52. The summed E-state index contributed by atoms with van der Waals surface area (Å²) in [5.41, 5.74) is 3.25. The van der Waals surface area contributed by atoms with Crippen molar-refractivity contribution in [2.24, 2.45) is 0 Å². The number of aromatic amines is 1. The van der Waals surface area contributed by atoms with E-state index in [0.29, 0.717) is 30.9 Å². The molecule has 0 spiro atoms. The van der Waals surface area contributed by atoms with E-state index in [1.54, 1.807) is 14.2 Å². The summed E-state index contributed by atoms with van der Waals surface area (Å²) >= 11 is 6.07. The molecule has 0 saturated carbocycles. The molecule has 6 heteroatoms. The highest BCUT2D eigenvalue weighted by Crippen LogP contribution is 2.28. The van der Waals surface area contributed by atoms with Crippen LogP contribution in [0.15, 0.2) is 42.6 Å². The van der Waals surface area contributed by atoms with Crippen LogP contribution in [0, 0.1) is 0 Å². The van der Waals surface area contributed by atoms with E-state index < -0.39 is 0 Å². The second-order valence-corrected chi connectivity index (χ2v) is 6.95. The van der Waals surface area contributed by atoms with Crippen LogP contribution in [0.1, 0.15) is 24.0 Å². The van der Waals surface area contributed by atoms with Gasteiger partial charge in [0.05, 0.1) is 20.8 Å². The Morgan fingerprint density at radius 1 is 1.04 bits per heavy atom. The Balaban J connectivity index is 1.43. The number of carbonyl (C=O) groups excluding carboxylic acids is 1. The fourth-order valence-corrected chi connectivity index (χ4v) is 3.33. The smallest absolute Gasteiger partial charge is 0.306 e. The third-order valence-corrected chi connectivity index (χ3v) is 4.88. The quantitative estimate of drug-likeness (QED) is 0.407. The molecular formula is C22H24ClNO4. The highest BCUT2D eigenvalue weighted by Gasteiger charge is 2.09. The maximum Gasteiger partial charge on any atom is 0.306 e. The number of halogens is 1. The Kier molecular flexibility index (Phi) is 6.82. The summed E-state index contributed by atoms with van der Waals surface area (Å²) in [7, 11) is 3.19. The van der Waals surface area contributed by atoms with Crippen LogP contribution >= 0.6 is 11.6 Å². The van der Waals surface area contributed by atoms with E-state index in [1.165, 1.54) is 5.56 Å². The average molecular weight is 402 g/mol. The molecule has 3 aromatic rings. The number of fused-ring (bicyclic) bond motifs is 1. The summed E-state index contributed by atoms with van der Waals surface area (Å²) in [5, 5.41) is 1.84. The zero-order valence-electron chi connectivity index (χ0n) is 16.1. The molecule has 5 nitrogen and oxygen atoms in total. The minimum Gasteiger partial charge on any atom is -0.493 e.